The Morgan fingerprint density at radius 2 is 1.55 bits per heavy atom. The smallest absolute Gasteiger partial charge is 0.446 e. The number of rotatable bonds is 25. The van der Waals surface area contributed by atoms with Crippen LogP contribution in [0.1, 0.15) is 123 Å². The molecular formula is C30H54N2O8PS+. The van der Waals surface area contributed by atoms with Gasteiger partial charge in [-0.1, -0.05) is 115 Å². The number of thiazole rings is 1. The van der Waals surface area contributed by atoms with Crippen LogP contribution in [0.5, 0.6) is 0 Å². The summed E-state index contributed by atoms with van der Waals surface area (Å²) < 4.78 is 34.9. The Bertz CT molecular complexity index is 919. The number of hydrogen-bond donors (Lipinski definition) is 2. The highest BCUT2D eigenvalue weighted by Crippen LogP contribution is 2.45. The highest BCUT2D eigenvalue weighted by Gasteiger charge is 2.58. The van der Waals surface area contributed by atoms with Gasteiger partial charge < -0.3 is 19.7 Å². The van der Waals surface area contributed by atoms with E-state index in [1.54, 1.807) is 28.6 Å². The van der Waals surface area contributed by atoms with Crippen molar-refractivity contribution in [3.8, 4) is 0 Å². The van der Waals surface area contributed by atoms with Crippen molar-refractivity contribution < 1.29 is 42.1 Å². The number of carbonyl (C=O) groups excluding carboxylic acids is 2. The number of ether oxygens (including phenoxy) is 2. The molecular weight excluding hydrogens is 579 g/mol. The van der Waals surface area contributed by atoms with Crippen LogP contribution in [0.4, 0.5) is 4.79 Å². The third-order valence-electron chi connectivity index (χ3n) is 7.61. The Morgan fingerprint density at radius 1 is 0.976 bits per heavy atom. The molecule has 1 amide bonds. The van der Waals surface area contributed by atoms with Gasteiger partial charge in [0.15, 0.2) is 11.8 Å². The van der Waals surface area contributed by atoms with E-state index < -0.39 is 32.2 Å². The first-order valence-corrected chi connectivity index (χ1v) is 18.4. The lowest BCUT2D eigenvalue weighted by molar-refractivity contribution is -0.715. The number of ketones is 1. The second-order valence-corrected chi connectivity index (χ2v) is 13.4. The number of unbranched alkanes of at least 4 members (excludes halogenated alkanes) is 15. The van der Waals surface area contributed by atoms with Crippen LogP contribution in [0, 0.1) is 0 Å². The fourth-order valence-electron chi connectivity index (χ4n) is 5.27. The van der Waals surface area contributed by atoms with Crippen molar-refractivity contribution in [1.29, 1.82) is 0 Å². The Hall–Kier alpha value is -1.36. The second kappa shape index (κ2) is 21.4. The van der Waals surface area contributed by atoms with Crippen LogP contribution in [0.15, 0.2) is 17.1 Å². The van der Waals surface area contributed by atoms with Gasteiger partial charge in [-0.15, -0.1) is 0 Å². The second-order valence-electron chi connectivity index (χ2n) is 11.2. The van der Waals surface area contributed by atoms with Gasteiger partial charge in [-0.05, 0) is 13.3 Å². The molecule has 42 heavy (non-hydrogen) atoms. The Kier molecular flexibility index (Phi) is 18.7. The highest BCUT2D eigenvalue weighted by molar-refractivity contribution is 7.47. The zero-order valence-corrected chi connectivity index (χ0v) is 27.5. The van der Waals surface area contributed by atoms with Crippen molar-refractivity contribution in [2.75, 3.05) is 33.0 Å². The van der Waals surface area contributed by atoms with Crippen molar-refractivity contribution in [2.45, 2.75) is 128 Å². The van der Waals surface area contributed by atoms with Gasteiger partial charge >= 0.3 is 13.9 Å². The number of nitrogens with one attached hydrogen (secondary N) is 1. The van der Waals surface area contributed by atoms with Crippen LogP contribution in [-0.4, -0.2) is 55.3 Å². The van der Waals surface area contributed by atoms with Gasteiger partial charge in [0.05, 0.1) is 18.6 Å². The Morgan fingerprint density at radius 3 is 2.07 bits per heavy atom. The van der Waals surface area contributed by atoms with E-state index in [0.29, 0.717) is 6.54 Å². The fraction of sp³-hybridized carbons (Fsp3) is 0.833. The molecule has 1 aromatic rings. The van der Waals surface area contributed by atoms with Crippen molar-refractivity contribution in [1.82, 2.24) is 5.32 Å². The number of Topliss-reactive ketones (excluding diaryl/α,β-unsaturated/α-hetero) is 1. The first kappa shape index (κ1) is 36.8. The lowest BCUT2D eigenvalue weighted by Gasteiger charge is -2.29. The van der Waals surface area contributed by atoms with Crippen LogP contribution in [0.25, 0.3) is 0 Å². The minimum absolute atomic E-state index is 0.0263. The van der Waals surface area contributed by atoms with Gasteiger partial charge in [-0.25, -0.2) is 9.36 Å². The van der Waals surface area contributed by atoms with E-state index in [2.05, 4.69) is 12.2 Å². The predicted octanol–water partition coefficient (Wildman–Crippen LogP) is 7.06. The van der Waals surface area contributed by atoms with Crippen LogP contribution < -0.4 is 9.88 Å². The molecule has 2 N–H and O–H groups in total. The van der Waals surface area contributed by atoms with Gasteiger partial charge in [0.1, 0.15) is 13.2 Å². The maximum Gasteiger partial charge on any atom is 0.472 e. The van der Waals surface area contributed by atoms with Crippen molar-refractivity contribution >= 4 is 31.0 Å². The molecule has 1 aromatic heterocycles. The summed E-state index contributed by atoms with van der Waals surface area (Å²) in [6.07, 6.45) is 21.6. The van der Waals surface area contributed by atoms with Crippen molar-refractivity contribution in [2.24, 2.45) is 0 Å². The predicted molar refractivity (Wildman–Crippen MR) is 164 cm³/mol. The van der Waals surface area contributed by atoms with E-state index in [9.17, 15) is 19.0 Å². The quantitative estimate of drug-likeness (QED) is 0.0667. The van der Waals surface area contributed by atoms with Gasteiger partial charge in [0.25, 0.3) is 6.04 Å². The van der Waals surface area contributed by atoms with Gasteiger partial charge in [-0.3, -0.25) is 13.8 Å². The number of nitrogens with zero attached hydrogens (tertiary/aromatic N) is 1. The van der Waals surface area contributed by atoms with Crippen LogP contribution >= 0.6 is 19.2 Å². The van der Waals surface area contributed by atoms with Gasteiger partial charge in [-0.2, -0.15) is 4.57 Å². The molecule has 0 aromatic carbocycles. The highest BCUT2D eigenvalue weighted by atomic mass is 32.1. The van der Waals surface area contributed by atoms with E-state index in [4.69, 9.17) is 18.5 Å². The number of carbonyl (C=O) groups is 2. The lowest BCUT2D eigenvalue weighted by atomic mass is 9.95. The molecule has 1 aliphatic rings. The van der Waals surface area contributed by atoms with E-state index in [1.165, 1.54) is 94.8 Å². The lowest BCUT2D eigenvalue weighted by Crippen LogP contribution is -2.57. The van der Waals surface area contributed by atoms with E-state index >= 15 is 0 Å². The molecule has 0 bridgehead atoms. The summed E-state index contributed by atoms with van der Waals surface area (Å²) in [7, 11) is -4.36. The van der Waals surface area contributed by atoms with Crippen molar-refractivity contribution in [3.63, 3.8) is 0 Å². The molecule has 1 saturated heterocycles. The summed E-state index contributed by atoms with van der Waals surface area (Å²) >= 11 is 1.38. The molecule has 2 heterocycles. The summed E-state index contributed by atoms with van der Waals surface area (Å²) in [6, 6.07) is -0.876. The van der Waals surface area contributed by atoms with Crippen molar-refractivity contribution in [3.05, 3.63) is 17.1 Å². The average molecular weight is 634 g/mol. The van der Waals surface area contributed by atoms with Gasteiger partial charge in [0.2, 0.25) is 11.3 Å². The maximum absolute atomic E-state index is 12.7. The summed E-state index contributed by atoms with van der Waals surface area (Å²) in [6.45, 7) is 3.26. The summed E-state index contributed by atoms with van der Waals surface area (Å²) in [5.74, 6) is -0.247. The monoisotopic (exact) mass is 633 g/mol. The summed E-state index contributed by atoms with van der Waals surface area (Å²) in [5, 5.41) is 4.54. The molecule has 0 saturated carbocycles. The number of alkyl carbamates (subject to hydrolysis) is 1. The van der Waals surface area contributed by atoms with E-state index in [0.717, 1.165) is 19.3 Å². The number of phosphoric ester groups is 1. The first-order chi connectivity index (χ1) is 20.3. The van der Waals surface area contributed by atoms with E-state index in [-0.39, 0.29) is 25.6 Å². The number of aromatic nitrogens is 1. The molecule has 1 aliphatic heterocycles. The largest absolute Gasteiger partial charge is 0.472 e. The number of hydrogen-bond acceptors (Lipinski definition) is 8. The van der Waals surface area contributed by atoms with Crippen LogP contribution in [0.2, 0.25) is 0 Å². The molecule has 0 radical (unpaired) electrons. The summed E-state index contributed by atoms with van der Waals surface area (Å²) in [5.41, 5.74) is 0.258. The minimum atomic E-state index is -4.36. The average Bonchev–Trinajstić information content (AvgIpc) is 3.60. The molecule has 0 spiro atoms. The molecule has 12 heteroatoms. The van der Waals surface area contributed by atoms with Crippen LogP contribution in [0.3, 0.4) is 0 Å². The molecule has 2 rings (SSSR count). The molecule has 3 unspecified atom stereocenters. The zero-order chi connectivity index (χ0) is 30.5. The molecule has 0 aliphatic carbocycles. The third-order valence-corrected chi connectivity index (χ3v) is 9.29. The Balaban J connectivity index is 1.60. The first-order valence-electron chi connectivity index (χ1n) is 16.0. The number of amides is 1. The molecule has 3 atom stereocenters. The van der Waals surface area contributed by atoms with E-state index in [1.807, 2.05) is 0 Å². The SMILES string of the molecule is CCCCCCCCCCCCCCCCCCNC(=O)OCC1(COP(=O)(O)OCC)OCC(=O)C1[n+]1ccsc1. The topological polar surface area (TPSA) is 124 Å². The molecule has 1 fully saturated rings. The van der Waals surface area contributed by atoms with Crippen LogP contribution in [-0.2, 0) is 27.9 Å². The zero-order valence-electron chi connectivity index (χ0n) is 25.8. The fourth-order valence-corrected chi connectivity index (χ4v) is 6.67. The van der Waals surface area contributed by atoms with Gasteiger partial charge in [0, 0.05) is 6.54 Å². The Labute approximate surface area is 256 Å². The standard InChI is InChI=1S/C30H53N2O8PS/c1-3-5-6-7-8-9-10-11-12-13-14-15-16-17-18-19-20-31-29(34)37-24-30(25-40-41(35,36)39-4-2)28(27(33)23-38-30)32-21-22-42-26-32/h21-22,26,28H,3-20,23-25H2,1-2H3,(H-,31,34,35,36)/p+1. The summed E-state index contributed by atoms with van der Waals surface area (Å²) in [4.78, 5) is 35.1. The maximum atomic E-state index is 12.7. The third kappa shape index (κ3) is 14.4. The number of phosphoric acid groups is 1. The normalized spacial score (nSPS) is 20.1. The minimum Gasteiger partial charge on any atom is -0.446 e. The molecule has 10 nitrogen and oxygen atoms in total. The molecule has 242 valence electrons.